The zero-order valence-corrected chi connectivity index (χ0v) is 11.4. The van der Waals surface area contributed by atoms with Gasteiger partial charge < -0.3 is 5.32 Å². The number of rotatable bonds is 3. The molecule has 1 N–H and O–H groups in total. The maximum atomic E-state index is 11.9. The lowest BCUT2D eigenvalue weighted by Crippen LogP contribution is -2.23. The molecule has 2 aromatic rings. The van der Waals surface area contributed by atoms with Crippen LogP contribution in [0.25, 0.3) is 0 Å². The molecule has 0 radical (unpaired) electrons. The summed E-state index contributed by atoms with van der Waals surface area (Å²) in [6, 6.07) is 7.27. The summed E-state index contributed by atoms with van der Waals surface area (Å²) in [5, 5.41) is 2.84. The standard InChI is InChI=1S/C13H12BrN3O/c1-9-10(3-2-6-15-9)7-17-13(18)11-4-5-12(14)16-8-11/h2-6,8H,7H2,1H3,(H,17,18). The summed E-state index contributed by atoms with van der Waals surface area (Å²) in [5.41, 5.74) is 2.47. The number of hydrogen-bond donors (Lipinski definition) is 1. The molecule has 0 saturated carbocycles. The van der Waals surface area contributed by atoms with E-state index in [9.17, 15) is 4.79 Å². The number of amides is 1. The van der Waals surface area contributed by atoms with E-state index in [1.807, 2.05) is 19.1 Å². The molecule has 18 heavy (non-hydrogen) atoms. The molecule has 0 atom stereocenters. The summed E-state index contributed by atoms with van der Waals surface area (Å²) in [7, 11) is 0. The molecule has 0 aliphatic rings. The Hall–Kier alpha value is -1.75. The van der Waals surface area contributed by atoms with Crippen LogP contribution in [-0.2, 0) is 6.54 Å². The van der Waals surface area contributed by atoms with Gasteiger partial charge in [0.2, 0.25) is 0 Å². The summed E-state index contributed by atoms with van der Waals surface area (Å²) < 4.78 is 0.710. The molecule has 4 nitrogen and oxygen atoms in total. The average Bonchev–Trinajstić information content (AvgIpc) is 2.38. The van der Waals surface area contributed by atoms with E-state index in [0.717, 1.165) is 11.3 Å². The van der Waals surface area contributed by atoms with Crippen molar-refractivity contribution in [1.82, 2.24) is 15.3 Å². The zero-order valence-electron chi connectivity index (χ0n) is 9.85. The first-order chi connectivity index (χ1) is 8.66. The Morgan fingerprint density at radius 1 is 1.33 bits per heavy atom. The van der Waals surface area contributed by atoms with Crippen molar-refractivity contribution < 1.29 is 4.79 Å². The van der Waals surface area contributed by atoms with E-state index in [2.05, 4.69) is 31.2 Å². The monoisotopic (exact) mass is 305 g/mol. The van der Waals surface area contributed by atoms with Gasteiger partial charge in [-0.2, -0.15) is 0 Å². The number of aryl methyl sites for hydroxylation is 1. The van der Waals surface area contributed by atoms with Crippen molar-refractivity contribution >= 4 is 21.8 Å². The SMILES string of the molecule is Cc1ncccc1CNC(=O)c1ccc(Br)nc1. The number of aromatic nitrogens is 2. The molecule has 1 amide bonds. The molecule has 0 unspecified atom stereocenters. The van der Waals surface area contributed by atoms with Crippen LogP contribution in [0.5, 0.6) is 0 Å². The molecule has 92 valence electrons. The van der Waals surface area contributed by atoms with Gasteiger partial charge in [0.05, 0.1) is 5.56 Å². The van der Waals surface area contributed by atoms with Crippen LogP contribution < -0.4 is 5.32 Å². The maximum absolute atomic E-state index is 11.9. The summed E-state index contributed by atoms with van der Waals surface area (Å²) in [5.74, 6) is -0.141. The van der Waals surface area contributed by atoms with Crippen molar-refractivity contribution in [3.63, 3.8) is 0 Å². The van der Waals surface area contributed by atoms with Crippen molar-refractivity contribution in [2.24, 2.45) is 0 Å². The number of pyridine rings is 2. The molecular weight excluding hydrogens is 294 g/mol. The van der Waals surface area contributed by atoms with E-state index in [0.29, 0.717) is 16.7 Å². The molecular formula is C13H12BrN3O. The van der Waals surface area contributed by atoms with Gasteiger partial charge in [-0.05, 0) is 46.6 Å². The Balaban J connectivity index is 2.01. The van der Waals surface area contributed by atoms with Gasteiger partial charge in [-0.15, -0.1) is 0 Å². The van der Waals surface area contributed by atoms with Crippen molar-refractivity contribution in [3.05, 3.63) is 58.1 Å². The summed E-state index contributed by atoms with van der Waals surface area (Å²) in [4.78, 5) is 20.0. The smallest absolute Gasteiger partial charge is 0.253 e. The highest BCUT2D eigenvalue weighted by Gasteiger charge is 2.06. The zero-order chi connectivity index (χ0) is 13.0. The van der Waals surface area contributed by atoms with Gasteiger partial charge in [0, 0.05) is 24.6 Å². The minimum atomic E-state index is -0.141. The summed E-state index contributed by atoms with van der Waals surface area (Å²) in [6.45, 7) is 2.39. The third-order valence-electron chi connectivity index (χ3n) is 2.55. The molecule has 0 fully saturated rings. The highest BCUT2D eigenvalue weighted by atomic mass is 79.9. The van der Waals surface area contributed by atoms with Crippen LogP contribution in [-0.4, -0.2) is 15.9 Å². The quantitative estimate of drug-likeness (QED) is 0.886. The van der Waals surface area contributed by atoms with E-state index >= 15 is 0 Å². The number of carbonyl (C=O) groups excluding carboxylic acids is 1. The Morgan fingerprint density at radius 3 is 2.83 bits per heavy atom. The number of carbonyl (C=O) groups is 1. The van der Waals surface area contributed by atoms with Crippen LogP contribution in [0.4, 0.5) is 0 Å². The summed E-state index contributed by atoms with van der Waals surface area (Å²) in [6.07, 6.45) is 3.27. The topological polar surface area (TPSA) is 54.9 Å². The van der Waals surface area contributed by atoms with Gasteiger partial charge in [0.1, 0.15) is 4.60 Å². The van der Waals surface area contributed by atoms with Crippen molar-refractivity contribution in [1.29, 1.82) is 0 Å². The first-order valence-electron chi connectivity index (χ1n) is 5.47. The normalized spacial score (nSPS) is 10.1. The fourth-order valence-corrected chi connectivity index (χ4v) is 1.73. The number of nitrogens with one attached hydrogen (secondary N) is 1. The van der Waals surface area contributed by atoms with Gasteiger partial charge in [-0.25, -0.2) is 4.98 Å². The molecule has 0 spiro atoms. The lowest BCUT2D eigenvalue weighted by molar-refractivity contribution is 0.0950. The number of halogens is 1. The molecule has 0 aliphatic heterocycles. The fourth-order valence-electron chi connectivity index (χ4n) is 1.49. The van der Waals surface area contributed by atoms with E-state index < -0.39 is 0 Å². The largest absolute Gasteiger partial charge is 0.348 e. The lowest BCUT2D eigenvalue weighted by atomic mass is 10.2. The number of nitrogens with zero attached hydrogens (tertiary/aromatic N) is 2. The third kappa shape index (κ3) is 3.13. The molecule has 0 bridgehead atoms. The minimum absolute atomic E-state index is 0.141. The van der Waals surface area contributed by atoms with E-state index in [-0.39, 0.29) is 5.91 Å². The second-order valence-corrected chi connectivity index (χ2v) is 4.61. The Kier molecular flexibility index (Phi) is 4.04. The van der Waals surface area contributed by atoms with Gasteiger partial charge in [-0.3, -0.25) is 9.78 Å². The van der Waals surface area contributed by atoms with Crippen LogP contribution in [0.1, 0.15) is 21.6 Å². The molecule has 0 aliphatic carbocycles. The lowest BCUT2D eigenvalue weighted by Gasteiger charge is -2.07. The fraction of sp³-hybridized carbons (Fsp3) is 0.154. The Labute approximate surface area is 114 Å². The molecule has 2 rings (SSSR count). The Morgan fingerprint density at radius 2 is 2.17 bits per heavy atom. The van der Waals surface area contributed by atoms with Crippen molar-refractivity contribution in [2.45, 2.75) is 13.5 Å². The first-order valence-corrected chi connectivity index (χ1v) is 6.26. The third-order valence-corrected chi connectivity index (χ3v) is 3.01. The average molecular weight is 306 g/mol. The minimum Gasteiger partial charge on any atom is -0.348 e. The molecule has 5 heteroatoms. The predicted octanol–water partition coefficient (Wildman–Crippen LogP) is 2.48. The summed E-state index contributed by atoms with van der Waals surface area (Å²) >= 11 is 3.23. The van der Waals surface area contributed by atoms with Gasteiger partial charge in [0.15, 0.2) is 0 Å². The van der Waals surface area contributed by atoms with Crippen molar-refractivity contribution in [3.8, 4) is 0 Å². The second-order valence-electron chi connectivity index (χ2n) is 3.80. The number of hydrogen-bond acceptors (Lipinski definition) is 3. The predicted molar refractivity (Wildman–Crippen MR) is 72.1 cm³/mol. The van der Waals surface area contributed by atoms with E-state index in [1.165, 1.54) is 6.20 Å². The molecule has 2 aromatic heterocycles. The van der Waals surface area contributed by atoms with Crippen LogP contribution in [0.2, 0.25) is 0 Å². The van der Waals surface area contributed by atoms with E-state index in [1.54, 1.807) is 18.3 Å². The van der Waals surface area contributed by atoms with Gasteiger partial charge in [-0.1, -0.05) is 6.07 Å². The van der Waals surface area contributed by atoms with Gasteiger partial charge >= 0.3 is 0 Å². The second kappa shape index (κ2) is 5.73. The van der Waals surface area contributed by atoms with Crippen LogP contribution in [0.15, 0.2) is 41.3 Å². The van der Waals surface area contributed by atoms with E-state index in [4.69, 9.17) is 0 Å². The van der Waals surface area contributed by atoms with Crippen LogP contribution in [0.3, 0.4) is 0 Å². The Bertz CT molecular complexity index is 554. The molecule has 0 aromatic carbocycles. The highest BCUT2D eigenvalue weighted by Crippen LogP contribution is 2.07. The molecule has 2 heterocycles. The highest BCUT2D eigenvalue weighted by molar-refractivity contribution is 9.10. The molecule has 0 saturated heterocycles. The maximum Gasteiger partial charge on any atom is 0.253 e. The van der Waals surface area contributed by atoms with Crippen LogP contribution >= 0.6 is 15.9 Å². The van der Waals surface area contributed by atoms with Crippen molar-refractivity contribution in [2.75, 3.05) is 0 Å². The van der Waals surface area contributed by atoms with Crippen LogP contribution in [0, 0.1) is 6.92 Å². The van der Waals surface area contributed by atoms with Gasteiger partial charge in [0.25, 0.3) is 5.91 Å². The first kappa shape index (κ1) is 12.7.